The van der Waals surface area contributed by atoms with E-state index in [1.165, 1.54) is 7.11 Å². The van der Waals surface area contributed by atoms with Crippen LogP contribution in [0.5, 0.6) is 0 Å². The molecule has 12 heavy (non-hydrogen) atoms. The van der Waals surface area contributed by atoms with Crippen LogP contribution >= 0.6 is 0 Å². The van der Waals surface area contributed by atoms with E-state index in [9.17, 15) is 4.79 Å². The molecule has 0 aromatic rings. The molecule has 0 radical (unpaired) electrons. The summed E-state index contributed by atoms with van der Waals surface area (Å²) < 4.78 is 4.54. The Labute approximate surface area is 73.6 Å². The third kappa shape index (κ3) is 3.05. The van der Waals surface area contributed by atoms with Gasteiger partial charge >= 0.3 is 5.97 Å². The molecule has 0 aromatic heterocycles. The predicted molar refractivity (Wildman–Crippen MR) is 48.7 cm³/mol. The molecule has 0 heterocycles. The average Bonchev–Trinajstić information content (AvgIpc) is 2.11. The first-order valence-corrected chi connectivity index (χ1v) is 4.19. The molecule has 70 valence electrons. The lowest BCUT2D eigenvalue weighted by molar-refractivity contribution is -0.141. The van der Waals surface area contributed by atoms with E-state index in [0.717, 1.165) is 18.4 Å². The van der Waals surface area contributed by atoms with E-state index >= 15 is 0 Å². The first kappa shape index (κ1) is 11.2. The SMILES string of the molecule is CC/C=C(\CC)[C@@H](N)C(=O)OC. The molecule has 2 N–H and O–H groups in total. The van der Waals surface area contributed by atoms with E-state index in [2.05, 4.69) is 4.74 Å². The van der Waals surface area contributed by atoms with Crippen LogP contribution in [0, 0.1) is 0 Å². The van der Waals surface area contributed by atoms with Crippen molar-refractivity contribution in [1.82, 2.24) is 0 Å². The lowest BCUT2D eigenvalue weighted by Gasteiger charge is -2.11. The number of hydrogen-bond donors (Lipinski definition) is 1. The molecular weight excluding hydrogens is 154 g/mol. The molecule has 0 rings (SSSR count). The van der Waals surface area contributed by atoms with Crippen LogP contribution in [-0.4, -0.2) is 19.1 Å². The normalized spacial score (nSPS) is 14.2. The third-order valence-corrected chi connectivity index (χ3v) is 1.73. The van der Waals surface area contributed by atoms with Gasteiger partial charge in [-0.15, -0.1) is 0 Å². The number of carbonyl (C=O) groups excluding carboxylic acids is 1. The maximum absolute atomic E-state index is 11.0. The Morgan fingerprint density at radius 3 is 2.50 bits per heavy atom. The summed E-state index contributed by atoms with van der Waals surface area (Å²) in [5.41, 5.74) is 6.57. The Bertz CT molecular complexity index is 175. The summed E-state index contributed by atoms with van der Waals surface area (Å²) in [7, 11) is 1.35. The van der Waals surface area contributed by atoms with Crippen molar-refractivity contribution >= 4 is 5.97 Å². The second-order valence-corrected chi connectivity index (χ2v) is 2.54. The van der Waals surface area contributed by atoms with Crippen LogP contribution in [0.1, 0.15) is 26.7 Å². The summed E-state index contributed by atoms with van der Waals surface area (Å²) in [6.45, 7) is 3.99. The number of nitrogens with two attached hydrogens (primary N) is 1. The van der Waals surface area contributed by atoms with Gasteiger partial charge in [0.15, 0.2) is 0 Å². The van der Waals surface area contributed by atoms with Crippen molar-refractivity contribution in [2.75, 3.05) is 7.11 Å². The van der Waals surface area contributed by atoms with Crippen LogP contribution in [0.15, 0.2) is 11.6 Å². The van der Waals surface area contributed by atoms with E-state index in [1.807, 2.05) is 19.9 Å². The zero-order chi connectivity index (χ0) is 9.56. The van der Waals surface area contributed by atoms with Gasteiger partial charge in [0.2, 0.25) is 0 Å². The van der Waals surface area contributed by atoms with Crippen molar-refractivity contribution < 1.29 is 9.53 Å². The number of rotatable bonds is 4. The zero-order valence-electron chi connectivity index (χ0n) is 7.96. The van der Waals surface area contributed by atoms with Gasteiger partial charge in [-0.3, -0.25) is 4.79 Å². The van der Waals surface area contributed by atoms with Gasteiger partial charge in [0.05, 0.1) is 7.11 Å². The lowest BCUT2D eigenvalue weighted by Crippen LogP contribution is -2.33. The first-order valence-electron chi connectivity index (χ1n) is 4.19. The van der Waals surface area contributed by atoms with E-state index in [4.69, 9.17) is 5.73 Å². The van der Waals surface area contributed by atoms with Crippen molar-refractivity contribution in [3.8, 4) is 0 Å². The number of carbonyl (C=O) groups is 1. The molecule has 0 spiro atoms. The fraction of sp³-hybridized carbons (Fsp3) is 0.667. The van der Waals surface area contributed by atoms with Crippen LogP contribution in [-0.2, 0) is 9.53 Å². The molecule has 0 aliphatic rings. The van der Waals surface area contributed by atoms with Gasteiger partial charge in [-0.25, -0.2) is 0 Å². The van der Waals surface area contributed by atoms with Crippen LogP contribution in [0.4, 0.5) is 0 Å². The highest BCUT2D eigenvalue weighted by molar-refractivity contribution is 5.79. The molecule has 0 saturated heterocycles. The van der Waals surface area contributed by atoms with E-state index in [-0.39, 0.29) is 5.97 Å². The molecule has 0 bridgehead atoms. The van der Waals surface area contributed by atoms with Crippen molar-refractivity contribution in [3.63, 3.8) is 0 Å². The Kier molecular flexibility index (Phi) is 5.37. The van der Waals surface area contributed by atoms with Crippen molar-refractivity contribution in [3.05, 3.63) is 11.6 Å². The lowest BCUT2D eigenvalue weighted by atomic mass is 10.0. The summed E-state index contributed by atoms with van der Waals surface area (Å²) in [6.07, 6.45) is 3.67. The Balaban J connectivity index is 4.31. The minimum absolute atomic E-state index is 0.364. The van der Waals surface area contributed by atoms with Gasteiger partial charge in [0.25, 0.3) is 0 Å². The topological polar surface area (TPSA) is 52.3 Å². The van der Waals surface area contributed by atoms with E-state index in [0.29, 0.717) is 0 Å². The van der Waals surface area contributed by atoms with Gasteiger partial charge < -0.3 is 10.5 Å². The molecule has 0 aliphatic heterocycles. The van der Waals surface area contributed by atoms with Gasteiger partial charge in [-0.05, 0) is 18.4 Å². The predicted octanol–water partition coefficient (Wildman–Crippen LogP) is 1.23. The summed E-state index contributed by atoms with van der Waals surface area (Å²) in [6, 6.07) is -0.583. The fourth-order valence-corrected chi connectivity index (χ4v) is 1.03. The maximum Gasteiger partial charge on any atom is 0.326 e. The first-order chi connectivity index (χ1) is 5.67. The van der Waals surface area contributed by atoms with Crippen molar-refractivity contribution in [2.24, 2.45) is 5.73 Å². The molecule has 0 aliphatic carbocycles. The van der Waals surface area contributed by atoms with Crippen LogP contribution in [0.25, 0.3) is 0 Å². The highest BCUT2D eigenvalue weighted by Crippen LogP contribution is 2.07. The van der Waals surface area contributed by atoms with Gasteiger partial charge in [-0.2, -0.15) is 0 Å². The molecule has 0 unspecified atom stereocenters. The molecule has 3 heteroatoms. The minimum Gasteiger partial charge on any atom is -0.468 e. The highest BCUT2D eigenvalue weighted by atomic mass is 16.5. The smallest absolute Gasteiger partial charge is 0.326 e. The number of allylic oxidation sites excluding steroid dienone is 1. The fourth-order valence-electron chi connectivity index (χ4n) is 1.03. The molecule has 1 atom stereocenters. The highest BCUT2D eigenvalue weighted by Gasteiger charge is 2.16. The molecular formula is C9H17NO2. The monoisotopic (exact) mass is 171 g/mol. The molecule has 0 saturated carbocycles. The molecule has 0 amide bonds. The average molecular weight is 171 g/mol. The van der Waals surface area contributed by atoms with Crippen LogP contribution in [0.2, 0.25) is 0 Å². The number of esters is 1. The van der Waals surface area contributed by atoms with Crippen molar-refractivity contribution in [1.29, 1.82) is 0 Å². The van der Waals surface area contributed by atoms with Gasteiger partial charge in [-0.1, -0.05) is 19.9 Å². The number of hydrogen-bond acceptors (Lipinski definition) is 3. The Morgan fingerprint density at radius 1 is 1.58 bits per heavy atom. The molecule has 0 aromatic carbocycles. The van der Waals surface area contributed by atoms with E-state index < -0.39 is 6.04 Å². The second kappa shape index (κ2) is 5.77. The maximum atomic E-state index is 11.0. The summed E-state index contributed by atoms with van der Waals surface area (Å²) >= 11 is 0. The van der Waals surface area contributed by atoms with Crippen molar-refractivity contribution in [2.45, 2.75) is 32.7 Å². The Morgan fingerprint density at radius 2 is 2.17 bits per heavy atom. The van der Waals surface area contributed by atoms with Gasteiger partial charge in [0.1, 0.15) is 6.04 Å². The van der Waals surface area contributed by atoms with Gasteiger partial charge in [0, 0.05) is 0 Å². The van der Waals surface area contributed by atoms with Crippen LogP contribution < -0.4 is 5.73 Å². The largest absolute Gasteiger partial charge is 0.468 e. The standard InChI is InChI=1S/C9H17NO2/c1-4-6-7(5-2)8(10)9(11)12-3/h6,8H,4-5,10H2,1-3H3/b7-6+/t8-/m1/s1. The second-order valence-electron chi connectivity index (χ2n) is 2.54. The summed E-state index contributed by atoms with van der Waals surface area (Å²) in [5.74, 6) is -0.364. The number of ether oxygens (including phenoxy) is 1. The van der Waals surface area contributed by atoms with E-state index in [1.54, 1.807) is 0 Å². The quantitative estimate of drug-likeness (QED) is 0.511. The summed E-state index contributed by atoms with van der Waals surface area (Å²) in [4.78, 5) is 11.0. The molecule has 0 fully saturated rings. The summed E-state index contributed by atoms with van der Waals surface area (Å²) in [5, 5.41) is 0. The molecule has 3 nitrogen and oxygen atoms in total. The Hall–Kier alpha value is -0.830. The van der Waals surface area contributed by atoms with Crippen LogP contribution in [0.3, 0.4) is 0 Å². The zero-order valence-corrected chi connectivity index (χ0v) is 7.96. The third-order valence-electron chi connectivity index (χ3n) is 1.73. The minimum atomic E-state index is -0.583. The number of methoxy groups -OCH3 is 1.